The summed E-state index contributed by atoms with van der Waals surface area (Å²) in [5, 5.41) is 10.5. The van der Waals surface area contributed by atoms with Gasteiger partial charge >= 0.3 is 0 Å². The van der Waals surface area contributed by atoms with E-state index in [9.17, 15) is 5.11 Å². The number of rotatable bonds is 6. The van der Waals surface area contributed by atoms with Crippen molar-refractivity contribution in [2.45, 2.75) is 26.4 Å². The van der Waals surface area contributed by atoms with Crippen LogP contribution in [0.1, 0.15) is 23.6 Å². The molecule has 2 aromatic rings. The first-order valence-corrected chi connectivity index (χ1v) is 7.73. The quantitative estimate of drug-likeness (QED) is 0.827. The van der Waals surface area contributed by atoms with Crippen LogP contribution in [0.4, 0.5) is 0 Å². The molecule has 0 unspecified atom stereocenters. The van der Waals surface area contributed by atoms with E-state index < -0.39 is 0 Å². The molecule has 0 saturated heterocycles. The molecule has 1 aliphatic rings. The van der Waals surface area contributed by atoms with Crippen molar-refractivity contribution in [1.82, 2.24) is 9.47 Å². The normalized spacial score (nSPS) is 15.0. The highest BCUT2D eigenvalue weighted by Crippen LogP contribution is 2.30. The lowest BCUT2D eigenvalue weighted by Crippen LogP contribution is -2.21. The number of ether oxygens (including phenoxy) is 1. The number of aliphatic hydroxyl groups excluding tert-OH is 1. The number of aliphatic hydroxyl groups is 1. The lowest BCUT2D eigenvalue weighted by Gasteiger charge is -2.13. The Labute approximate surface area is 125 Å². The molecule has 0 spiro atoms. The second-order valence-corrected chi connectivity index (χ2v) is 5.78. The highest BCUT2D eigenvalue weighted by Gasteiger charge is 2.20. The summed E-state index contributed by atoms with van der Waals surface area (Å²) in [4.78, 5) is 2.44. The van der Waals surface area contributed by atoms with Gasteiger partial charge in [0.2, 0.25) is 0 Å². The maximum atomic E-state index is 9.21. The second-order valence-electron chi connectivity index (χ2n) is 5.78. The van der Waals surface area contributed by atoms with Crippen molar-refractivity contribution in [3.8, 4) is 0 Å². The van der Waals surface area contributed by atoms with Crippen molar-refractivity contribution in [1.29, 1.82) is 0 Å². The molecule has 3 rings (SSSR count). The third-order valence-electron chi connectivity index (χ3n) is 4.32. The SMILES string of the molecule is CCOCCN1Cc2cc3c(CCO)cn(C)c3cc2C1. The van der Waals surface area contributed by atoms with E-state index in [4.69, 9.17) is 4.74 Å². The van der Waals surface area contributed by atoms with Crippen LogP contribution in [0.25, 0.3) is 10.9 Å². The van der Waals surface area contributed by atoms with Crippen LogP contribution in [0.5, 0.6) is 0 Å². The fourth-order valence-corrected chi connectivity index (χ4v) is 3.25. The first-order chi connectivity index (χ1) is 10.2. The standard InChI is InChI=1S/C17H24N2O2/c1-3-21-7-5-19-11-14-8-16-13(4-6-20)10-18(2)17(16)9-15(14)12-19/h8-10,20H,3-7,11-12H2,1-2H3. The van der Waals surface area contributed by atoms with E-state index in [1.54, 1.807) is 0 Å². The van der Waals surface area contributed by atoms with Crippen LogP contribution in [0.2, 0.25) is 0 Å². The molecule has 0 atom stereocenters. The summed E-state index contributed by atoms with van der Waals surface area (Å²) < 4.78 is 7.62. The summed E-state index contributed by atoms with van der Waals surface area (Å²) in [6.07, 6.45) is 2.87. The van der Waals surface area contributed by atoms with Crippen molar-refractivity contribution < 1.29 is 9.84 Å². The molecule has 0 aliphatic carbocycles. The predicted molar refractivity (Wildman–Crippen MR) is 84.3 cm³/mol. The molecule has 114 valence electrons. The molecular formula is C17H24N2O2. The van der Waals surface area contributed by atoms with Crippen LogP contribution in [0.3, 0.4) is 0 Å². The molecule has 0 radical (unpaired) electrons. The van der Waals surface area contributed by atoms with E-state index >= 15 is 0 Å². The molecular weight excluding hydrogens is 264 g/mol. The van der Waals surface area contributed by atoms with E-state index in [-0.39, 0.29) is 6.61 Å². The molecule has 2 heterocycles. The van der Waals surface area contributed by atoms with Crippen LogP contribution >= 0.6 is 0 Å². The Morgan fingerprint density at radius 2 is 2.00 bits per heavy atom. The van der Waals surface area contributed by atoms with Crippen LogP contribution in [-0.4, -0.2) is 40.9 Å². The summed E-state index contributed by atoms with van der Waals surface area (Å²) in [5.74, 6) is 0. The zero-order valence-electron chi connectivity index (χ0n) is 12.9. The Morgan fingerprint density at radius 1 is 1.24 bits per heavy atom. The molecule has 21 heavy (non-hydrogen) atoms. The summed E-state index contributed by atoms with van der Waals surface area (Å²) in [7, 11) is 2.08. The monoisotopic (exact) mass is 288 g/mol. The number of aromatic nitrogens is 1. The number of nitrogens with zero attached hydrogens (tertiary/aromatic N) is 2. The van der Waals surface area contributed by atoms with Crippen molar-refractivity contribution in [3.05, 3.63) is 35.0 Å². The Kier molecular flexibility index (Phi) is 4.29. The number of fused-ring (bicyclic) bond motifs is 2. The number of aryl methyl sites for hydroxylation is 1. The Hall–Kier alpha value is -1.36. The highest BCUT2D eigenvalue weighted by atomic mass is 16.5. The first kappa shape index (κ1) is 14.6. The van der Waals surface area contributed by atoms with E-state index in [0.717, 1.165) is 39.3 Å². The molecule has 0 saturated carbocycles. The van der Waals surface area contributed by atoms with Gasteiger partial charge in [-0.15, -0.1) is 0 Å². The average molecular weight is 288 g/mol. The summed E-state index contributed by atoms with van der Waals surface area (Å²) in [6.45, 7) is 6.84. The second kappa shape index (κ2) is 6.18. The van der Waals surface area contributed by atoms with Crippen LogP contribution in [0, 0.1) is 0 Å². The van der Waals surface area contributed by atoms with Gasteiger partial charge in [-0.25, -0.2) is 0 Å². The van der Waals surface area contributed by atoms with Gasteiger partial charge in [-0.2, -0.15) is 0 Å². The predicted octanol–water partition coefficient (Wildman–Crippen LogP) is 2.07. The van der Waals surface area contributed by atoms with Gasteiger partial charge < -0.3 is 14.4 Å². The lowest BCUT2D eigenvalue weighted by atomic mass is 10.0. The summed E-state index contributed by atoms with van der Waals surface area (Å²) in [5.41, 5.74) is 5.36. The first-order valence-electron chi connectivity index (χ1n) is 7.73. The fourth-order valence-electron chi connectivity index (χ4n) is 3.25. The largest absolute Gasteiger partial charge is 0.396 e. The van der Waals surface area contributed by atoms with Gasteiger partial charge in [0.05, 0.1) is 6.61 Å². The number of hydrogen-bond donors (Lipinski definition) is 1. The van der Waals surface area contributed by atoms with Gasteiger partial charge in [-0.3, -0.25) is 4.90 Å². The molecule has 1 aliphatic heterocycles. The number of hydrogen-bond acceptors (Lipinski definition) is 3. The zero-order valence-corrected chi connectivity index (χ0v) is 12.9. The van der Waals surface area contributed by atoms with Gasteiger partial charge in [0.15, 0.2) is 0 Å². The van der Waals surface area contributed by atoms with Crippen LogP contribution < -0.4 is 0 Å². The van der Waals surface area contributed by atoms with E-state index in [1.807, 2.05) is 6.92 Å². The smallest absolute Gasteiger partial charge is 0.0593 e. The minimum atomic E-state index is 0.205. The van der Waals surface area contributed by atoms with Crippen LogP contribution in [-0.2, 0) is 31.3 Å². The minimum Gasteiger partial charge on any atom is -0.396 e. The highest BCUT2D eigenvalue weighted by molar-refractivity contribution is 5.85. The van der Waals surface area contributed by atoms with Gasteiger partial charge in [-0.05, 0) is 42.2 Å². The fraction of sp³-hybridized carbons (Fsp3) is 0.529. The van der Waals surface area contributed by atoms with Crippen molar-refractivity contribution in [2.75, 3.05) is 26.4 Å². The molecule has 1 aromatic carbocycles. The van der Waals surface area contributed by atoms with Gasteiger partial charge in [0, 0.05) is 57.0 Å². The molecule has 0 fully saturated rings. The molecule has 1 N–H and O–H groups in total. The molecule has 0 amide bonds. The molecule has 4 nitrogen and oxygen atoms in total. The van der Waals surface area contributed by atoms with Crippen molar-refractivity contribution in [3.63, 3.8) is 0 Å². The Morgan fingerprint density at radius 3 is 2.71 bits per heavy atom. The van der Waals surface area contributed by atoms with Gasteiger partial charge in [-0.1, -0.05) is 0 Å². The molecule has 0 bridgehead atoms. The van der Waals surface area contributed by atoms with Gasteiger partial charge in [0.25, 0.3) is 0 Å². The maximum absolute atomic E-state index is 9.21. The topological polar surface area (TPSA) is 37.6 Å². The Bertz CT molecular complexity index is 633. The lowest BCUT2D eigenvalue weighted by molar-refractivity contribution is 0.113. The van der Waals surface area contributed by atoms with Crippen molar-refractivity contribution in [2.24, 2.45) is 7.05 Å². The third kappa shape index (κ3) is 2.84. The van der Waals surface area contributed by atoms with Crippen LogP contribution in [0.15, 0.2) is 18.3 Å². The average Bonchev–Trinajstić information content (AvgIpc) is 2.99. The number of benzene rings is 1. The summed E-state index contributed by atoms with van der Waals surface area (Å²) >= 11 is 0. The van der Waals surface area contributed by atoms with Crippen molar-refractivity contribution >= 4 is 10.9 Å². The van der Waals surface area contributed by atoms with Gasteiger partial charge in [0.1, 0.15) is 0 Å². The third-order valence-corrected chi connectivity index (χ3v) is 4.32. The van der Waals surface area contributed by atoms with E-state index in [0.29, 0.717) is 0 Å². The minimum absolute atomic E-state index is 0.205. The zero-order chi connectivity index (χ0) is 14.8. The summed E-state index contributed by atoms with van der Waals surface area (Å²) in [6, 6.07) is 4.63. The molecule has 1 aromatic heterocycles. The van der Waals surface area contributed by atoms with E-state index in [2.05, 4.69) is 34.8 Å². The Balaban J connectivity index is 1.84. The van der Waals surface area contributed by atoms with E-state index in [1.165, 1.54) is 27.6 Å². The molecule has 4 heteroatoms. The maximum Gasteiger partial charge on any atom is 0.0593 e.